The van der Waals surface area contributed by atoms with Crippen LogP contribution in [0.15, 0.2) is 43.0 Å². The van der Waals surface area contributed by atoms with Gasteiger partial charge in [-0.1, -0.05) is 11.6 Å². The molecule has 0 radical (unpaired) electrons. The zero-order chi connectivity index (χ0) is 16.0. The molecule has 7 heteroatoms. The Morgan fingerprint density at radius 3 is 3.04 bits per heavy atom. The largest absolute Gasteiger partial charge is 0.476 e. The molecule has 0 fully saturated rings. The third kappa shape index (κ3) is 2.24. The molecule has 114 valence electrons. The van der Waals surface area contributed by atoms with Crippen molar-refractivity contribution in [3.63, 3.8) is 0 Å². The number of hydrogen-bond acceptors (Lipinski definition) is 3. The van der Waals surface area contributed by atoms with Crippen molar-refractivity contribution in [2.75, 3.05) is 0 Å². The van der Waals surface area contributed by atoms with E-state index in [1.807, 2.05) is 24.4 Å². The summed E-state index contributed by atoms with van der Waals surface area (Å²) in [5.41, 5.74) is 3.32. The molecule has 0 saturated carbocycles. The number of aromatic carboxylic acids is 1. The highest BCUT2D eigenvalue weighted by molar-refractivity contribution is 6.31. The molecule has 1 aromatic carbocycles. The number of halogens is 1. The van der Waals surface area contributed by atoms with E-state index in [1.165, 1.54) is 10.7 Å². The summed E-state index contributed by atoms with van der Waals surface area (Å²) in [7, 11) is 0. The van der Waals surface area contributed by atoms with Gasteiger partial charge in [-0.2, -0.15) is 5.10 Å². The average Bonchev–Trinajstić information content (AvgIpc) is 3.12. The zero-order valence-corrected chi connectivity index (χ0v) is 12.6. The number of hydrogen-bond donors (Lipinski definition) is 2. The molecule has 0 amide bonds. The van der Waals surface area contributed by atoms with Crippen LogP contribution in [0.5, 0.6) is 0 Å². The van der Waals surface area contributed by atoms with Crippen LogP contribution in [0.2, 0.25) is 5.02 Å². The maximum Gasteiger partial charge on any atom is 0.356 e. The lowest BCUT2D eigenvalue weighted by molar-refractivity contribution is 0.0692. The minimum Gasteiger partial charge on any atom is -0.476 e. The van der Waals surface area contributed by atoms with Gasteiger partial charge in [0.15, 0.2) is 5.69 Å². The molecule has 23 heavy (non-hydrogen) atoms. The lowest BCUT2D eigenvalue weighted by Gasteiger charge is -2.02. The van der Waals surface area contributed by atoms with E-state index in [0.717, 1.165) is 22.0 Å². The Morgan fingerprint density at radius 1 is 1.35 bits per heavy atom. The van der Waals surface area contributed by atoms with E-state index in [4.69, 9.17) is 11.6 Å². The SMILES string of the molecule is O=C(O)c1nccn2ncc(Cc3c[nH]c4ccc(Cl)cc34)c12. The molecule has 0 unspecified atom stereocenters. The molecule has 4 rings (SSSR count). The van der Waals surface area contributed by atoms with Crippen molar-refractivity contribution >= 4 is 34.0 Å². The summed E-state index contributed by atoms with van der Waals surface area (Å²) in [5, 5.41) is 15.2. The molecule has 0 saturated heterocycles. The van der Waals surface area contributed by atoms with E-state index in [9.17, 15) is 9.90 Å². The molecule has 0 atom stereocenters. The Bertz CT molecular complexity index is 1050. The molecule has 0 bridgehead atoms. The van der Waals surface area contributed by atoms with Gasteiger partial charge >= 0.3 is 5.97 Å². The number of nitrogens with one attached hydrogen (secondary N) is 1. The van der Waals surface area contributed by atoms with E-state index >= 15 is 0 Å². The highest BCUT2D eigenvalue weighted by Gasteiger charge is 2.17. The van der Waals surface area contributed by atoms with E-state index < -0.39 is 5.97 Å². The van der Waals surface area contributed by atoms with Gasteiger partial charge < -0.3 is 10.1 Å². The van der Waals surface area contributed by atoms with E-state index in [2.05, 4.69) is 15.1 Å². The maximum atomic E-state index is 11.4. The highest BCUT2D eigenvalue weighted by Crippen LogP contribution is 2.26. The standard InChI is InChI=1S/C16H11ClN4O2/c17-11-1-2-13-12(6-11)9(7-19-13)5-10-8-20-21-4-3-18-14(15(10)21)16(22)23/h1-4,6-8,19H,5H2,(H,22,23). The fraction of sp³-hybridized carbons (Fsp3) is 0.0625. The van der Waals surface area contributed by atoms with Crippen LogP contribution in [0.25, 0.3) is 16.4 Å². The lowest BCUT2D eigenvalue weighted by atomic mass is 10.0. The quantitative estimate of drug-likeness (QED) is 0.606. The van der Waals surface area contributed by atoms with Crippen molar-refractivity contribution < 1.29 is 9.90 Å². The Hall–Kier alpha value is -2.86. The minimum absolute atomic E-state index is 0.00197. The summed E-state index contributed by atoms with van der Waals surface area (Å²) in [6.45, 7) is 0. The second kappa shape index (κ2) is 5.10. The van der Waals surface area contributed by atoms with Gasteiger partial charge in [0.25, 0.3) is 0 Å². The maximum absolute atomic E-state index is 11.4. The number of aromatic amines is 1. The van der Waals surface area contributed by atoms with Crippen molar-refractivity contribution in [1.82, 2.24) is 19.6 Å². The topological polar surface area (TPSA) is 83.3 Å². The van der Waals surface area contributed by atoms with Crippen LogP contribution in [0, 0.1) is 0 Å². The van der Waals surface area contributed by atoms with Gasteiger partial charge in [-0.3, -0.25) is 0 Å². The van der Waals surface area contributed by atoms with Gasteiger partial charge in [-0.25, -0.2) is 14.3 Å². The Balaban J connectivity index is 1.86. The first-order valence-corrected chi connectivity index (χ1v) is 7.31. The number of fused-ring (bicyclic) bond motifs is 2. The number of aromatic nitrogens is 4. The molecule has 0 aliphatic heterocycles. The number of benzene rings is 1. The zero-order valence-electron chi connectivity index (χ0n) is 11.8. The van der Waals surface area contributed by atoms with Gasteiger partial charge in [-0.05, 0) is 23.8 Å². The molecular formula is C16H11ClN4O2. The lowest BCUT2D eigenvalue weighted by Crippen LogP contribution is -2.05. The van der Waals surface area contributed by atoms with Crippen molar-refractivity contribution in [2.24, 2.45) is 0 Å². The number of nitrogens with zero attached hydrogens (tertiary/aromatic N) is 3. The summed E-state index contributed by atoms with van der Waals surface area (Å²) in [5.74, 6) is -1.07. The van der Waals surface area contributed by atoms with Gasteiger partial charge in [0.1, 0.15) is 5.52 Å². The van der Waals surface area contributed by atoms with Crippen molar-refractivity contribution in [3.8, 4) is 0 Å². The average molecular weight is 327 g/mol. The molecule has 0 spiro atoms. The molecule has 0 aliphatic rings. The third-order valence-electron chi connectivity index (χ3n) is 3.82. The number of carbonyl (C=O) groups is 1. The van der Waals surface area contributed by atoms with Crippen molar-refractivity contribution in [3.05, 3.63) is 64.8 Å². The molecular weight excluding hydrogens is 316 g/mol. The fourth-order valence-electron chi connectivity index (χ4n) is 2.79. The number of H-pyrrole nitrogens is 1. The third-order valence-corrected chi connectivity index (χ3v) is 4.06. The van der Waals surface area contributed by atoms with Gasteiger partial charge in [0.05, 0.1) is 6.20 Å². The number of carboxylic acid groups (broad SMARTS) is 1. The summed E-state index contributed by atoms with van der Waals surface area (Å²) in [4.78, 5) is 18.5. The van der Waals surface area contributed by atoms with Crippen molar-refractivity contribution in [1.29, 1.82) is 0 Å². The second-order valence-electron chi connectivity index (χ2n) is 5.22. The predicted molar refractivity (Wildman–Crippen MR) is 86.1 cm³/mol. The fourth-order valence-corrected chi connectivity index (χ4v) is 2.96. The smallest absolute Gasteiger partial charge is 0.356 e. The molecule has 6 nitrogen and oxygen atoms in total. The van der Waals surface area contributed by atoms with Gasteiger partial charge in [0.2, 0.25) is 0 Å². The number of rotatable bonds is 3. The minimum atomic E-state index is -1.07. The number of carboxylic acids is 1. The Morgan fingerprint density at radius 2 is 2.22 bits per heavy atom. The van der Waals surface area contributed by atoms with Crippen LogP contribution in [0.1, 0.15) is 21.6 Å². The monoisotopic (exact) mass is 326 g/mol. The van der Waals surface area contributed by atoms with Crippen molar-refractivity contribution in [2.45, 2.75) is 6.42 Å². The van der Waals surface area contributed by atoms with Crippen LogP contribution in [-0.2, 0) is 6.42 Å². The van der Waals surface area contributed by atoms with Crippen LogP contribution >= 0.6 is 11.6 Å². The van der Waals surface area contributed by atoms with E-state index in [-0.39, 0.29) is 5.69 Å². The van der Waals surface area contributed by atoms with Gasteiger partial charge in [0, 0.05) is 46.5 Å². The first-order chi connectivity index (χ1) is 11.1. The molecule has 3 aromatic heterocycles. The summed E-state index contributed by atoms with van der Waals surface area (Å²) >= 11 is 6.07. The summed E-state index contributed by atoms with van der Waals surface area (Å²) in [6, 6.07) is 5.64. The first-order valence-electron chi connectivity index (χ1n) is 6.93. The first kappa shape index (κ1) is 13.8. The van der Waals surface area contributed by atoms with Gasteiger partial charge in [-0.15, -0.1) is 0 Å². The summed E-state index contributed by atoms with van der Waals surface area (Å²) < 4.78 is 1.54. The normalized spacial score (nSPS) is 11.3. The van der Waals surface area contributed by atoms with Crippen LogP contribution in [0.4, 0.5) is 0 Å². The van der Waals surface area contributed by atoms with Crippen LogP contribution in [-0.4, -0.2) is 30.7 Å². The molecule has 0 aliphatic carbocycles. The Kier molecular flexibility index (Phi) is 3.06. The second-order valence-corrected chi connectivity index (χ2v) is 5.66. The van der Waals surface area contributed by atoms with E-state index in [0.29, 0.717) is 17.0 Å². The molecule has 3 heterocycles. The summed E-state index contributed by atoms with van der Waals surface area (Å²) in [6.07, 6.45) is 7.18. The van der Waals surface area contributed by atoms with Crippen LogP contribution in [0.3, 0.4) is 0 Å². The van der Waals surface area contributed by atoms with E-state index in [1.54, 1.807) is 12.4 Å². The van der Waals surface area contributed by atoms with Crippen LogP contribution < -0.4 is 0 Å². The Labute approximate surface area is 135 Å². The highest BCUT2D eigenvalue weighted by atomic mass is 35.5. The molecule has 4 aromatic rings. The molecule has 2 N–H and O–H groups in total. The predicted octanol–water partition coefficient (Wildman–Crippen LogP) is 3.15.